The number of rotatable bonds is 12. The second-order valence-corrected chi connectivity index (χ2v) is 4.78. The molecule has 0 spiro atoms. The summed E-state index contributed by atoms with van der Waals surface area (Å²) in [6, 6.07) is 0. The third kappa shape index (κ3) is 13.1. The van der Waals surface area contributed by atoms with Gasteiger partial charge in [-0.05, 0) is 6.42 Å². The van der Waals surface area contributed by atoms with Crippen LogP contribution < -0.4 is 16.4 Å². The van der Waals surface area contributed by atoms with Crippen LogP contribution in [0.1, 0.15) is 58.3 Å². The lowest BCUT2D eigenvalue weighted by Gasteiger charge is -2.06. The van der Waals surface area contributed by atoms with Crippen LogP contribution in [0.15, 0.2) is 0 Å². The van der Waals surface area contributed by atoms with Crippen LogP contribution in [0.25, 0.3) is 0 Å². The van der Waals surface area contributed by atoms with E-state index in [0.717, 1.165) is 12.8 Å². The highest BCUT2D eigenvalue weighted by atomic mass is 16.2. The minimum absolute atomic E-state index is 0.00796. The highest BCUT2D eigenvalue weighted by Gasteiger charge is 2.01. The molecule has 0 fully saturated rings. The number of carbonyl (C=O) groups is 2. The molecule has 19 heavy (non-hydrogen) atoms. The number of nitrogens with two attached hydrogens (primary N) is 1. The van der Waals surface area contributed by atoms with Gasteiger partial charge in [0, 0.05) is 19.5 Å². The molecular weight excluding hydrogens is 242 g/mol. The monoisotopic (exact) mass is 271 g/mol. The van der Waals surface area contributed by atoms with Crippen molar-refractivity contribution in [1.29, 1.82) is 0 Å². The summed E-state index contributed by atoms with van der Waals surface area (Å²) in [5, 5.41) is 5.38. The maximum absolute atomic E-state index is 11.4. The largest absolute Gasteiger partial charge is 0.354 e. The van der Waals surface area contributed by atoms with Gasteiger partial charge in [-0.3, -0.25) is 9.59 Å². The van der Waals surface area contributed by atoms with E-state index in [4.69, 9.17) is 5.73 Å². The van der Waals surface area contributed by atoms with Gasteiger partial charge in [-0.15, -0.1) is 0 Å². The maximum Gasteiger partial charge on any atom is 0.233 e. The summed E-state index contributed by atoms with van der Waals surface area (Å²) >= 11 is 0. The van der Waals surface area contributed by atoms with E-state index in [-0.39, 0.29) is 18.4 Å². The maximum atomic E-state index is 11.4. The van der Waals surface area contributed by atoms with E-state index >= 15 is 0 Å². The Labute approximate surface area is 116 Å². The summed E-state index contributed by atoms with van der Waals surface area (Å²) < 4.78 is 0. The fourth-order valence-corrected chi connectivity index (χ4v) is 1.81. The second kappa shape index (κ2) is 13.3. The van der Waals surface area contributed by atoms with Crippen LogP contribution in [0, 0.1) is 0 Å². The summed E-state index contributed by atoms with van der Waals surface area (Å²) in [4.78, 5) is 22.3. The highest BCUT2D eigenvalue weighted by molar-refractivity contribution is 5.78. The highest BCUT2D eigenvalue weighted by Crippen LogP contribution is 2.08. The minimum atomic E-state index is -0.193. The summed E-state index contributed by atoms with van der Waals surface area (Å²) in [5.41, 5.74) is 5.14. The predicted octanol–water partition coefficient (Wildman–Crippen LogP) is 1.32. The lowest BCUT2D eigenvalue weighted by molar-refractivity contribution is -0.122. The first-order chi connectivity index (χ1) is 9.20. The standard InChI is InChI=1S/C14H29N3O2/c1-2-3-4-5-6-7-8-9-13(18)16-10-11-17-14(19)12-15/h2-12,15H2,1H3,(H,16,18)(H,17,19). The molecule has 0 heterocycles. The molecule has 2 amide bonds. The molecule has 0 aromatic rings. The lowest BCUT2D eigenvalue weighted by atomic mass is 10.1. The van der Waals surface area contributed by atoms with Gasteiger partial charge < -0.3 is 16.4 Å². The summed E-state index contributed by atoms with van der Waals surface area (Å²) in [6.45, 7) is 3.12. The summed E-state index contributed by atoms with van der Waals surface area (Å²) in [5.74, 6) is -0.128. The van der Waals surface area contributed by atoms with E-state index in [1.54, 1.807) is 0 Å². The van der Waals surface area contributed by atoms with E-state index in [0.29, 0.717) is 19.5 Å². The lowest BCUT2D eigenvalue weighted by Crippen LogP contribution is -2.37. The number of unbranched alkanes of at least 4 members (excludes halogenated alkanes) is 6. The summed E-state index contributed by atoms with van der Waals surface area (Å²) in [7, 11) is 0. The van der Waals surface area contributed by atoms with Crippen molar-refractivity contribution in [2.45, 2.75) is 58.3 Å². The van der Waals surface area contributed by atoms with E-state index in [1.807, 2.05) is 0 Å². The number of hydrogen-bond acceptors (Lipinski definition) is 3. The van der Waals surface area contributed by atoms with Crippen molar-refractivity contribution in [2.75, 3.05) is 19.6 Å². The van der Waals surface area contributed by atoms with Gasteiger partial charge in [-0.2, -0.15) is 0 Å². The Bertz CT molecular complexity index is 245. The molecule has 5 nitrogen and oxygen atoms in total. The number of amides is 2. The van der Waals surface area contributed by atoms with Gasteiger partial charge in [0.1, 0.15) is 0 Å². The molecule has 0 bridgehead atoms. The molecule has 0 saturated carbocycles. The fourth-order valence-electron chi connectivity index (χ4n) is 1.81. The first-order valence-corrected chi connectivity index (χ1v) is 7.44. The van der Waals surface area contributed by atoms with Crippen molar-refractivity contribution >= 4 is 11.8 Å². The molecule has 0 radical (unpaired) electrons. The van der Waals surface area contributed by atoms with Crippen LogP contribution in [0.4, 0.5) is 0 Å². The van der Waals surface area contributed by atoms with Crippen LogP contribution >= 0.6 is 0 Å². The Kier molecular flexibility index (Phi) is 12.6. The first kappa shape index (κ1) is 17.9. The number of carbonyl (C=O) groups excluding carboxylic acids is 2. The van der Waals surface area contributed by atoms with Crippen LogP contribution in [-0.2, 0) is 9.59 Å². The van der Waals surface area contributed by atoms with Crippen LogP contribution in [-0.4, -0.2) is 31.4 Å². The van der Waals surface area contributed by atoms with Crippen molar-refractivity contribution in [3.05, 3.63) is 0 Å². The van der Waals surface area contributed by atoms with Crippen LogP contribution in [0.5, 0.6) is 0 Å². The van der Waals surface area contributed by atoms with Gasteiger partial charge in [0.25, 0.3) is 0 Å². The van der Waals surface area contributed by atoms with Gasteiger partial charge in [-0.1, -0.05) is 45.4 Å². The average molecular weight is 271 g/mol. The van der Waals surface area contributed by atoms with Gasteiger partial charge >= 0.3 is 0 Å². The molecule has 0 aliphatic rings. The van der Waals surface area contributed by atoms with Crippen molar-refractivity contribution in [2.24, 2.45) is 5.73 Å². The van der Waals surface area contributed by atoms with E-state index < -0.39 is 0 Å². The molecule has 0 aromatic heterocycles. The third-order valence-corrected chi connectivity index (χ3v) is 2.96. The summed E-state index contributed by atoms with van der Waals surface area (Å²) in [6.07, 6.45) is 9.05. The smallest absolute Gasteiger partial charge is 0.233 e. The second-order valence-electron chi connectivity index (χ2n) is 4.78. The Morgan fingerprint density at radius 1 is 0.842 bits per heavy atom. The molecule has 0 atom stereocenters. The van der Waals surface area contributed by atoms with Gasteiger partial charge in [0.05, 0.1) is 6.54 Å². The molecular formula is C14H29N3O2. The zero-order valence-electron chi connectivity index (χ0n) is 12.2. The van der Waals surface area contributed by atoms with Crippen molar-refractivity contribution < 1.29 is 9.59 Å². The minimum Gasteiger partial charge on any atom is -0.354 e. The normalized spacial score (nSPS) is 10.2. The van der Waals surface area contributed by atoms with Crippen LogP contribution in [0.2, 0.25) is 0 Å². The van der Waals surface area contributed by atoms with Crippen molar-refractivity contribution in [3.63, 3.8) is 0 Å². The van der Waals surface area contributed by atoms with Crippen molar-refractivity contribution in [3.8, 4) is 0 Å². The number of hydrogen-bond donors (Lipinski definition) is 3. The zero-order valence-corrected chi connectivity index (χ0v) is 12.2. The molecule has 112 valence electrons. The molecule has 0 aliphatic carbocycles. The van der Waals surface area contributed by atoms with E-state index in [9.17, 15) is 9.59 Å². The quantitative estimate of drug-likeness (QED) is 0.468. The molecule has 0 saturated heterocycles. The molecule has 0 rings (SSSR count). The zero-order chi connectivity index (χ0) is 14.3. The van der Waals surface area contributed by atoms with Gasteiger partial charge in [0.2, 0.25) is 11.8 Å². The fraction of sp³-hybridized carbons (Fsp3) is 0.857. The van der Waals surface area contributed by atoms with Crippen LogP contribution in [0.3, 0.4) is 0 Å². The predicted molar refractivity (Wildman–Crippen MR) is 77.7 cm³/mol. The molecule has 0 aliphatic heterocycles. The molecule has 0 aromatic carbocycles. The Morgan fingerprint density at radius 3 is 1.95 bits per heavy atom. The molecule has 0 unspecified atom stereocenters. The Hall–Kier alpha value is -1.10. The number of nitrogens with one attached hydrogen (secondary N) is 2. The molecule has 4 N–H and O–H groups in total. The van der Waals surface area contributed by atoms with E-state index in [1.165, 1.54) is 32.1 Å². The first-order valence-electron chi connectivity index (χ1n) is 7.44. The Morgan fingerprint density at radius 2 is 1.37 bits per heavy atom. The van der Waals surface area contributed by atoms with Gasteiger partial charge in [-0.25, -0.2) is 0 Å². The SMILES string of the molecule is CCCCCCCCCC(=O)NCCNC(=O)CN. The van der Waals surface area contributed by atoms with Gasteiger partial charge in [0.15, 0.2) is 0 Å². The Balaban J connectivity index is 3.23. The third-order valence-electron chi connectivity index (χ3n) is 2.96. The average Bonchev–Trinajstić information content (AvgIpc) is 2.42. The van der Waals surface area contributed by atoms with E-state index in [2.05, 4.69) is 17.6 Å². The molecule has 5 heteroatoms. The topological polar surface area (TPSA) is 84.2 Å². The van der Waals surface area contributed by atoms with Crippen molar-refractivity contribution in [1.82, 2.24) is 10.6 Å².